The Morgan fingerprint density at radius 3 is 3.00 bits per heavy atom. The molecule has 1 unspecified atom stereocenters. The maximum absolute atomic E-state index is 11.5. The van der Waals surface area contributed by atoms with Crippen LogP contribution in [0.15, 0.2) is 12.1 Å². The second kappa shape index (κ2) is 4.76. The smallest absolute Gasteiger partial charge is 0.228 e. The first-order valence-corrected chi connectivity index (χ1v) is 7.14. The molecule has 3 N–H and O–H groups in total. The van der Waals surface area contributed by atoms with Crippen molar-refractivity contribution in [1.29, 1.82) is 0 Å². The summed E-state index contributed by atoms with van der Waals surface area (Å²) >= 11 is 0. The van der Waals surface area contributed by atoms with Crippen molar-refractivity contribution in [3.63, 3.8) is 0 Å². The highest BCUT2D eigenvalue weighted by Gasteiger charge is 2.24. The van der Waals surface area contributed by atoms with Gasteiger partial charge in [-0.15, -0.1) is 0 Å². The van der Waals surface area contributed by atoms with Crippen LogP contribution in [0.5, 0.6) is 0 Å². The minimum absolute atomic E-state index is 0.0652. The fraction of sp³-hybridized carbons (Fsp3) is 0.533. The Bertz CT molecular complexity index is 512. The highest BCUT2D eigenvalue weighted by atomic mass is 16.1. The first kappa shape index (κ1) is 12.3. The summed E-state index contributed by atoms with van der Waals surface area (Å²) in [6, 6.07) is 4.53. The molecule has 0 aromatic heterocycles. The molecule has 4 nitrogen and oxygen atoms in total. The maximum atomic E-state index is 11.5. The molecule has 2 aliphatic heterocycles. The molecule has 0 saturated carbocycles. The Balaban J connectivity index is 1.96. The van der Waals surface area contributed by atoms with Gasteiger partial charge in [0.1, 0.15) is 0 Å². The van der Waals surface area contributed by atoms with Crippen LogP contribution in [0, 0.1) is 0 Å². The number of benzene rings is 1. The van der Waals surface area contributed by atoms with E-state index < -0.39 is 0 Å². The normalized spacial score (nSPS) is 22.9. The standard InChI is InChI=1S/C15H21N3O/c1-10-5-3-2-4-6-18(10)14-9-13-11(7-12(14)16)8-15(19)17-13/h7,9-10H,2-6,8,16H2,1H3,(H,17,19). The SMILES string of the molecule is CC1CCCCCN1c1cc2c(cc1N)CC(=O)N2. The van der Waals surface area contributed by atoms with Gasteiger partial charge in [0.2, 0.25) is 5.91 Å². The van der Waals surface area contributed by atoms with Gasteiger partial charge in [0.25, 0.3) is 0 Å². The van der Waals surface area contributed by atoms with E-state index in [4.69, 9.17) is 5.73 Å². The van der Waals surface area contributed by atoms with E-state index in [1.165, 1.54) is 25.7 Å². The molecule has 2 heterocycles. The molecule has 102 valence electrons. The van der Waals surface area contributed by atoms with Gasteiger partial charge in [-0.05, 0) is 37.5 Å². The zero-order valence-corrected chi connectivity index (χ0v) is 11.4. The van der Waals surface area contributed by atoms with Gasteiger partial charge in [0.05, 0.1) is 17.8 Å². The Hall–Kier alpha value is -1.71. The number of rotatable bonds is 1. The number of amides is 1. The van der Waals surface area contributed by atoms with Gasteiger partial charge in [-0.1, -0.05) is 12.8 Å². The molecule has 1 aromatic carbocycles. The van der Waals surface area contributed by atoms with E-state index in [2.05, 4.69) is 23.2 Å². The average Bonchev–Trinajstić information content (AvgIpc) is 2.57. The van der Waals surface area contributed by atoms with Crippen LogP contribution in [-0.2, 0) is 11.2 Å². The van der Waals surface area contributed by atoms with Crippen LogP contribution >= 0.6 is 0 Å². The molecule has 1 aromatic rings. The van der Waals surface area contributed by atoms with Crippen molar-refractivity contribution in [2.24, 2.45) is 0 Å². The van der Waals surface area contributed by atoms with Crippen molar-refractivity contribution in [3.8, 4) is 0 Å². The molecule has 0 spiro atoms. The molecule has 2 aliphatic rings. The van der Waals surface area contributed by atoms with Crippen molar-refractivity contribution in [1.82, 2.24) is 0 Å². The van der Waals surface area contributed by atoms with Crippen molar-refractivity contribution in [3.05, 3.63) is 17.7 Å². The summed E-state index contributed by atoms with van der Waals surface area (Å²) in [5, 5.41) is 2.91. The number of nitrogens with two attached hydrogens (primary N) is 1. The van der Waals surface area contributed by atoms with Crippen molar-refractivity contribution < 1.29 is 4.79 Å². The number of nitrogens with zero attached hydrogens (tertiary/aromatic N) is 1. The van der Waals surface area contributed by atoms with Crippen molar-refractivity contribution in [2.45, 2.75) is 45.1 Å². The molecule has 3 rings (SSSR count). The van der Waals surface area contributed by atoms with Gasteiger partial charge in [0.15, 0.2) is 0 Å². The van der Waals surface area contributed by atoms with Crippen molar-refractivity contribution >= 4 is 23.0 Å². The predicted octanol–water partition coefficient (Wildman–Crippen LogP) is 2.53. The Labute approximate surface area is 114 Å². The van der Waals surface area contributed by atoms with E-state index in [0.717, 1.165) is 29.2 Å². The molecule has 0 radical (unpaired) electrons. The van der Waals surface area contributed by atoms with E-state index in [0.29, 0.717) is 12.5 Å². The zero-order chi connectivity index (χ0) is 13.4. The largest absolute Gasteiger partial charge is 0.397 e. The van der Waals surface area contributed by atoms with Gasteiger partial charge in [0, 0.05) is 18.3 Å². The van der Waals surface area contributed by atoms with Gasteiger partial charge < -0.3 is 16.0 Å². The molecule has 1 atom stereocenters. The Morgan fingerprint density at radius 1 is 1.32 bits per heavy atom. The monoisotopic (exact) mass is 259 g/mol. The topological polar surface area (TPSA) is 58.4 Å². The fourth-order valence-electron chi connectivity index (χ4n) is 3.16. The van der Waals surface area contributed by atoms with Gasteiger partial charge in [-0.25, -0.2) is 0 Å². The third-order valence-corrected chi connectivity index (χ3v) is 4.24. The molecular formula is C15H21N3O. The van der Waals surface area contributed by atoms with E-state index in [1.54, 1.807) is 0 Å². The van der Waals surface area contributed by atoms with Crippen LogP contribution in [0.4, 0.5) is 17.1 Å². The minimum atomic E-state index is 0.0652. The highest BCUT2D eigenvalue weighted by Crippen LogP contribution is 2.36. The number of carbonyl (C=O) groups excluding carboxylic acids is 1. The number of carbonyl (C=O) groups is 1. The zero-order valence-electron chi connectivity index (χ0n) is 11.4. The Morgan fingerprint density at radius 2 is 2.16 bits per heavy atom. The number of hydrogen-bond acceptors (Lipinski definition) is 3. The number of hydrogen-bond donors (Lipinski definition) is 2. The van der Waals surface area contributed by atoms with E-state index in [1.807, 2.05) is 6.07 Å². The molecule has 19 heavy (non-hydrogen) atoms. The Kier molecular flexibility index (Phi) is 3.09. The lowest BCUT2D eigenvalue weighted by Crippen LogP contribution is -2.33. The minimum Gasteiger partial charge on any atom is -0.397 e. The van der Waals surface area contributed by atoms with Crippen LogP contribution in [0.25, 0.3) is 0 Å². The third kappa shape index (κ3) is 2.27. The van der Waals surface area contributed by atoms with Gasteiger partial charge >= 0.3 is 0 Å². The summed E-state index contributed by atoms with van der Waals surface area (Å²) in [4.78, 5) is 13.8. The summed E-state index contributed by atoms with van der Waals surface area (Å²) in [7, 11) is 0. The molecule has 1 amide bonds. The summed E-state index contributed by atoms with van der Waals surface area (Å²) in [5.74, 6) is 0.0652. The second-order valence-electron chi connectivity index (χ2n) is 5.68. The van der Waals surface area contributed by atoms with Crippen LogP contribution in [0.2, 0.25) is 0 Å². The van der Waals surface area contributed by atoms with E-state index in [-0.39, 0.29) is 5.91 Å². The summed E-state index contributed by atoms with van der Waals surface area (Å²) in [5.41, 5.74) is 10.0. The maximum Gasteiger partial charge on any atom is 0.228 e. The lowest BCUT2D eigenvalue weighted by Gasteiger charge is -2.31. The first-order chi connectivity index (χ1) is 9.15. The highest BCUT2D eigenvalue weighted by molar-refractivity contribution is 6.00. The van der Waals surface area contributed by atoms with E-state index in [9.17, 15) is 4.79 Å². The molecule has 1 saturated heterocycles. The average molecular weight is 259 g/mol. The molecule has 1 fully saturated rings. The summed E-state index contributed by atoms with van der Waals surface area (Å²) in [6.07, 6.45) is 5.47. The number of anilines is 3. The van der Waals surface area contributed by atoms with Crippen LogP contribution in [0.1, 0.15) is 38.2 Å². The second-order valence-corrected chi connectivity index (χ2v) is 5.68. The number of nitrogen functional groups attached to an aromatic ring is 1. The third-order valence-electron chi connectivity index (χ3n) is 4.24. The van der Waals surface area contributed by atoms with Gasteiger partial charge in [-0.3, -0.25) is 4.79 Å². The summed E-state index contributed by atoms with van der Waals surface area (Å²) in [6.45, 7) is 3.31. The molecular weight excluding hydrogens is 238 g/mol. The van der Waals surface area contributed by atoms with E-state index >= 15 is 0 Å². The quantitative estimate of drug-likeness (QED) is 0.762. The lowest BCUT2D eigenvalue weighted by atomic mass is 10.1. The summed E-state index contributed by atoms with van der Waals surface area (Å²) < 4.78 is 0. The molecule has 0 aliphatic carbocycles. The molecule has 4 heteroatoms. The number of nitrogens with one attached hydrogen (secondary N) is 1. The first-order valence-electron chi connectivity index (χ1n) is 7.14. The number of fused-ring (bicyclic) bond motifs is 1. The lowest BCUT2D eigenvalue weighted by molar-refractivity contribution is -0.115. The van der Waals surface area contributed by atoms with Crippen molar-refractivity contribution in [2.75, 3.05) is 22.5 Å². The predicted molar refractivity (Wildman–Crippen MR) is 78.5 cm³/mol. The van der Waals surface area contributed by atoms with Gasteiger partial charge in [-0.2, -0.15) is 0 Å². The fourth-order valence-corrected chi connectivity index (χ4v) is 3.16. The van der Waals surface area contributed by atoms with Crippen LogP contribution in [-0.4, -0.2) is 18.5 Å². The van der Waals surface area contributed by atoms with Crippen LogP contribution in [0.3, 0.4) is 0 Å². The molecule has 0 bridgehead atoms. The van der Waals surface area contributed by atoms with Crippen LogP contribution < -0.4 is 16.0 Å².